The van der Waals surface area contributed by atoms with E-state index in [9.17, 15) is 4.79 Å². The number of hydrogen-bond acceptors (Lipinski definition) is 4. The van der Waals surface area contributed by atoms with Gasteiger partial charge in [-0.3, -0.25) is 10.1 Å². The number of rotatable bonds is 4. The van der Waals surface area contributed by atoms with Crippen molar-refractivity contribution in [2.24, 2.45) is 23.7 Å². The molecule has 0 atom stereocenters. The molecule has 0 heterocycles. The third kappa shape index (κ3) is 3.15. The van der Waals surface area contributed by atoms with Gasteiger partial charge in [-0.25, -0.2) is 0 Å². The lowest BCUT2D eigenvalue weighted by atomic mass is 9.54. The number of benzene rings is 1. The van der Waals surface area contributed by atoms with Crippen molar-refractivity contribution in [2.75, 3.05) is 14.2 Å². The molecule has 5 nitrogen and oxygen atoms in total. The summed E-state index contributed by atoms with van der Waals surface area (Å²) in [7, 11) is 3.08. The van der Waals surface area contributed by atoms with E-state index in [0.717, 1.165) is 11.8 Å². The average molecular weight is 375 g/mol. The Kier molecular flexibility index (Phi) is 4.78. The minimum absolute atomic E-state index is 0.305. The van der Waals surface area contributed by atoms with Gasteiger partial charge >= 0.3 is 0 Å². The number of carbonyl (C=O) groups is 1. The van der Waals surface area contributed by atoms with Gasteiger partial charge in [-0.2, -0.15) is 0 Å². The van der Waals surface area contributed by atoms with E-state index in [1.807, 2.05) is 0 Å². The molecule has 1 aromatic rings. The Morgan fingerprint density at radius 1 is 1.00 bits per heavy atom. The van der Waals surface area contributed by atoms with Crippen LogP contribution in [0.1, 0.15) is 42.5 Å². The maximum absolute atomic E-state index is 12.8. The van der Waals surface area contributed by atoms with Crippen LogP contribution in [-0.4, -0.2) is 31.3 Å². The summed E-state index contributed by atoms with van der Waals surface area (Å²) in [5, 5.41) is 6.68. The lowest BCUT2D eigenvalue weighted by Gasteiger charge is -2.54. The number of hydrogen-bond donors (Lipinski definition) is 2. The molecule has 4 bridgehead atoms. The van der Waals surface area contributed by atoms with E-state index in [1.165, 1.54) is 46.3 Å². The summed E-state index contributed by atoms with van der Waals surface area (Å²) in [5.74, 6) is 3.86. The maximum Gasteiger partial charge on any atom is 0.264 e. The minimum atomic E-state index is -0.305. The van der Waals surface area contributed by atoms with Gasteiger partial charge in [-0.05, 0) is 80.1 Å². The number of ether oxygens (including phenoxy) is 2. The smallest absolute Gasteiger partial charge is 0.264 e. The van der Waals surface area contributed by atoms with Crippen molar-refractivity contribution in [1.82, 2.24) is 10.6 Å². The van der Waals surface area contributed by atoms with Gasteiger partial charge in [0.25, 0.3) is 5.91 Å². The lowest BCUT2D eigenvalue weighted by molar-refractivity contribution is -0.00692. The molecule has 26 heavy (non-hydrogen) atoms. The van der Waals surface area contributed by atoms with Gasteiger partial charge in [0.05, 0.1) is 14.2 Å². The van der Waals surface area contributed by atoms with Crippen molar-refractivity contribution in [2.45, 2.75) is 38.1 Å². The molecule has 140 valence electrons. The van der Waals surface area contributed by atoms with Crippen LogP contribution in [0.2, 0.25) is 0 Å². The molecule has 0 unspecified atom stereocenters. The van der Waals surface area contributed by atoms with Crippen molar-refractivity contribution in [3.05, 3.63) is 23.8 Å². The minimum Gasteiger partial charge on any atom is -0.496 e. The molecule has 0 radical (unpaired) electrons. The molecule has 4 fully saturated rings. The second kappa shape index (κ2) is 7.06. The third-order valence-electron chi connectivity index (χ3n) is 6.41. The van der Waals surface area contributed by atoms with E-state index in [-0.39, 0.29) is 5.91 Å². The highest BCUT2D eigenvalue weighted by Crippen LogP contribution is 2.53. The van der Waals surface area contributed by atoms with Gasteiger partial charge in [0.1, 0.15) is 17.1 Å². The Morgan fingerprint density at radius 3 is 2.04 bits per heavy atom. The van der Waals surface area contributed by atoms with Gasteiger partial charge in [0.15, 0.2) is 5.11 Å². The summed E-state index contributed by atoms with van der Waals surface area (Å²) in [5.41, 5.74) is 0.367. The molecule has 1 amide bonds. The Morgan fingerprint density at radius 2 is 1.54 bits per heavy atom. The highest BCUT2D eigenvalue weighted by molar-refractivity contribution is 7.80. The zero-order valence-electron chi connectivity index (χ0n) is 15.3. The first-order valence-corrected chi connectivity index (χ1v) is 9.82. The zero-order valence-corrected chi connectivity index (χ0v) is 16.1. The number of methoxy groups -OCH3 is 2. The van der Waals surface area contributed by atoms with Crippen LogP contribution in [-0.2, 0) is 0 Å². The van der Waals surface area contributed by atoms with Crippen molar-refractivity contribution >= 4 is 23.2 Å². The molecule has 4 saturated carbocycles. The molecule has 5 rings (SSSR count). The van der Waals surface area contributed by atoms with Crippen LogP contribution < -0.4 is 20.1 Å². The monoisotopic (exact) mass is 374 g/mol. The summed E-state index contributed by atoms with van der Waals surface area (Å²) >= 11 is 5.46. The Hall–Kier alpha value is -1.82. The second-order valence-electron chi connectivity index (χ2n) is 7.92. The highest BCUT2D eigenvalue weighted by atomic mass is 32.1. The molecule has 0 saturated heterocycles. The quantitative estimate of drug-likeness (QED) is 0.793. The Labute approximate surface area is 159 Å². The van der Waals surface area contributed by atoms with Gasteiger partial charge in [-0.1, -0.05) is 6.07 Å². The summed E-state index contributed by atoms with van der Waals surface area (Å²) in [6.07, 6.45) is 6.65. The Balaban J connectivity index is 1.43. The fraction of sp³-hybridized carbons (Fsp3) is 0.600. The van der Waals surface area contributed by atoms with Crippen LogP contribution in [0.15, 0.2) is 18.2 Å². The van der Waals surface area contributed by atoms with E-state index in [0.29, 0.717) is 40.1 Å². The molecule has 6 heteroatoms. The van der Waals surface area contributed by atoms with Crippen molar-refractivity contribution in [1.29, 1.82) is 0 Å². The van der Waals surface area contributed by atoms with Gasteiger partial charge in [-0.15, -0.1) is 0 Å². The molecule has 0 aliphatic heterocycles. The standard InChI is InChI=1S/C20H26N2O3S/c1-24-15-4-3-5-16(25-2)17(15)19(23)22-20(26)21-18-13-7-11-6-12(9-13)10-14(18)8-11/h3-5,11-14,18H,6-10H2,1-2H3,(H2,21,22,23,26). The average Bonchev–Trinajstić information content (AvgIpc) is 2.63. The number of thiocarbonyl (C=S) groups is 1. The van der Waals surface area contributed by atoms with Crippen LogP contribution >= 0.6 is 12.2 Å². The normalized spacial score (nSPS) is 31.4. The fourth-order valence-electron chi connectivity index (χ4n) is 5.59. The van der Waals surface area contributed by atoms with Gasteiger partial charge in [0.2, 0.25) is 0 Å². The molecule has 4 aliphatic rings. The van der Waals surface area contributed by atoms with Crippen molar-refractivity contribution < 1.29 is 14.3 Å². The molecule has 2 N–H and O–H groups in total. The van der Waals surface area contributed by atoms with E-state index in [1.54, 1.807) is 18.2 Å². The van der Waals surface area contributed by atoms with E-state index in [4.69, 9.17) is 21.7 Å². The topological polar surface area (TPSA) is 59.6 Å². The summed E-state index contributed by atoms with van der Waals surface area (Å²) in [4.78, 5) is 12.8. The molecule has 0 spiro atoms. The van der Waals surface area contributed by atoms with Gasteiger partial charge in [0, 0.05) is 6.04 Å². The van der Waals surface area contributed by atoms with Gasteiger partial charge < -0.3 is 14.8 Å². The van der Waals surface area contributed by atoms with Crippen molar-refractivity contribution in [3.63, 3.8) is 0 Å². The largest absolute Gasteiger partial charge is 0.496 e. The lowest BCUT2D eigenvalue weighted by Crippen LogP contribution is -2.57. The first-order chi connectivity index (χ1) is 12.6. The molecular formula is C20H26N2O3S. The highest BCUT2D eigenvalue weighted by Gasteiger charge is 2.48. The summed E-state index contributed by atoms with van der Waals surface area (Å²) in [6.45, 7) is 0. The zero-order chi connectivity index (χ0) is 18.3. The number of amides is 1. The van der Waals surface area contributed by atoms with Crippen LogP contribution in [0.5, 0.6) is 11.5 Å². The van der Waals surface area contributed by atoms with Crippen LogP contribution in [0.4, 0.5) is 0 Å². The third-order valence-corrected chi connectivity index (χ3v) is 6.63. The molecular weight excluding hydrogens is 348 g/mol. The fourth-order valence-corrected chi connectivity index (χ4v) is 5.82. The van der Waals surface area contributed by atoms with E-state index < -0.39 is 0 Å². The summed E-state index contributed by atoms with van der Waals surface area (Å²) in [6, 6.07) is 5.67. The summed E-state index contributed by atoms with van der Waals surface area (Å²) < 4.78 is 10.6. The molecule has 1 aromatic carbocycles. The molecule has 4 aliphatic carbocycles. The second-order valence-corrected chi connectivity index (χ2v) is 8.33. The Bertz CT molecular complexity index is 671. The SMILES string of the molecule is COc1cccc(OC)c1C(=O)NC(=S)NC1C2CC3CC(C2)CC1C3. The van der Waals surface area contributed by atoms with Crippen LogP contribution in [0.3, 0.4) is 0 Å². The number of nitrogens with one attached hydrogen (secondary N) is 2. The van der Waals surface area contributed by atoms with Crippen LogP contribution in [0.25, 0.3) is 0 Å². The predicted molar refractivity (Wildman–Crippen MR) is 104 cm³/mol. The predicted octanol–water partition coefficient (Wildman–Crippen LogP) is 3.13. The first-order valence-electron chi connectivity index (χ1n) is 9.41. The maximum atomic E-state index is 12.8. The van der Waals surface area contributed by atoms with Crippen LogP contribution in [0, 0.1) is 23.7 Å². The first kappa shape index (κ1) is 17.6. The van der Waals surface area contributed by atoms with E-state index >= 15 is 0 Å². The van der Waals surface area contributed by atoms with Crippen molar-refractivity contribution in [3.8, 4) is 11.5 Å². The number of carbonyl (C=O) groups excluding carboxylic acids is 1. The molecule has 0 aromatic heterocycles. The van der Waals surface area contributed by atoms with E-state index in [2.05, 4.69) is 10.6 Å².